The third-order valence-electron chi connectivity index (χ3n) is 6.67. The molecule has 8 heteroatoms. The quantitative estimate of drug-likeness (QED) is 0.626. The third-order valence-corrected chi connectivity index (χ3v) is 6.67. The summed E-state index contributed by atoms with van der Waals surface area (Å²) in [5.74, 6) is -0.918. The van der Waals surface area contributed by atoms with Crippen LogP contribution in [0.15, 0.2) is 65.7 Å². The Kier molecular flexibility index (Phi) is 6.79. The smallest absolute Gasteiger partial charge is 0.266 e. The van der Waals surface area contributed by atoms with Gasteiger partial charge in [0.15, 0.2) is 0 Å². The van der Waals surface area contributed by atoms with Gasteiger partial charge < -0.3 is 15.3 Å². The molecule has 1 saturated heterocycles. The molecule has 1 atom stereocenters. The Labute approximate surface area is 196 Å². The number of fused-ring (bicyclic) bond motifs is 1. The number of halogens is 3. The van der Waals surface area contributed by atoms with Crippen molar-refractivity contribution < 1.29 is 23.1 Å². The predicted octanol–water partition coefficient (Wildman–Crippen LogP) is 5.24. The summed E-state index contributed by atoms with van der Waals surface area (Å²) in [6, 6.07) is 6.68. The number of hydrogen-bond acceptors (Lipinski definition) is 4. The van der Waals surface area contributed by atoms with Crippen molar-refractivity contribution in [3.8, 4) is 0 Å². The van der Waals surface area contributed by atoms with Crippen LogP contribution in [0.25, 0.3) is 10.9 Å². The van der Waals surface area contributed by atoms with Gasteiger partial charge in [-0.25, -0.2) is 13.2 Å². The molecular weight excluding hydrogens is 443 g/mol. The number of rotatable bonds is 5. The molecule has 2 aromatic rings. The van der Waals surface area contributed by atoms with E-state index in [0.29, 0.717) is 43.6 Å². The number of anilines is 1. The number of amides is 1. The largest absolute Gasteiger partial charge is 0.385 e. The molecular formula is C26H28F3N3O2. The second-order valence-electron chi connectivity index (χ2n) is 8.86. The minimum atomic E-state index is -2.90. The van der Waals surface area contributed by atoms with E-state index >= 15 is 0 Å². The Morgan fingerprint density at radius 3 is 2.65 bits per heavy atom. The first kappa shape index (κ1) is 24.0. The molecule has 0 spiro atoms. The Bertz CT molecular complexity index is 1180. The van der Waals surface area contributed by atoms with E-state index in [9.17, 15) is 23.1 Å². The Hall–Kier alpha value is -3.13. The lowest BCUT2D eigenvalue weighted by Gasteiger charge is -2.38. The summed E-state index contributed by atoms with van der Waals surface area (Å²) in [5, 5.41) is 15.3. The Morgan fingerprint density at radius 1 is 1.24 bits per heavy atom. The van der Waals surface area contributed by atoms with Crippen LogP contribution in [0.1, 0.15) is 38.7 Å². The van der Waals surface area contributed by atoms with Crippen LogP contribution in [0, 0.1) is 0 Å². The fraction of sp³-hybridized carbons (Fsp3) is 0.385. The van der Waals surface area contributed by atoms with E-state index in [1.54, 1.807) is 30.2 Å². The number of nitrogens with one attached hydrogen (secondary N) is 1. The number of alkyl halides is 2. The summed E-state index contributed by atoms with van der Waals surface area (Å²) >= 11 is 0. The van der Waals surface area contributed by atoms with Gasteiger partial charge in [0.1, 0.15) is 5.83 Å². The highest BCUT2D eigenvalue weighted by molar-refractivity contribution is 5.92. The number of carbonyl (C=O) groups excluding carboxylic acids is 1. The Morgan fingerprint density at radius 2 is 1.97 bits per heavy atom. The van der Waals surface area contributed by atoms with Gasteiger partial charge in [-0.05, 0) is 49.9 Å². The van der Waals surface area contributed by atoms with Crippen LogP contribution < -0.4 is 5.32 Å². The van der Waals surface area contributed by atoms with Gasteiger partial charge in [-0.1, -0.05) is 24.3 Å². The van der Waals surface area contributed by atoms with Crippen LogP contribution in [0.2, 0.25) is 0 Å². The van der Waals surface area contributed by atoms with Crippen molar-refractivity contribution in [1.82, 2.24) is 9.88 Å². The highest BCUT2D eigenvalue weighted by Gasteiger charge is 2.35. The molecule has 1 aliphatic heterocycles. The monoisotopic (exact) mass is 471 g/mol. The molecule has 180 valence electrons. The molecule has 0 saturated carbocycles. The highest BCUT2D eigenvalue weighted by atomic mass is 19.3. The second kappa shape index (κ2) is 9.62. The second-order valence-corrected chi connectivity index (χ2v) is 8.86. The van der Waals surface area contributed by atoms with Crippen molar-refractivity contribution in [2.75, 3.05) is 18.4 Å². The summed E-state index contributed by atoms with van der Waals surface area (Å²) in [6.07, 6.45) is 4.19. The molecule has 1 aromatic carbocycles. The van der Waals surface area contributed by atoms with Gasteiger partial charge >= 0.3 is 0 Å². The van der Waals surface area contributed by atoms with Crippen LogP contribution in [0.4, 0.5) is 18.9 Å². The van der Waals surface area contributed by atoms with E-state index in [0.717, 1.165) is 17.0 Å². The minimum Gasteiger partial charge on any atom is -0.385 e. The number of pyridine rings is 1. The first-order chi connectivity index (χ1) is 16.2. The average molecular weight is 472 g/mol. The van der Waals surface area contributed by atoms with Crippen LogP contribution in [-0.2, 0) is 10.4 Å². The Balaban J connectivity index is 1.63. The number of carbonyl (C=O) groups is 1. The van der Waals surface area contributed by atoms with Crippen molar-refractivity contribution in [2.45, 2.75) is 51.2 Å². The van der Waals surface area contributed by atoms with Gasteiger partial charge in [-0.2, -0.15) is 0 Å². The number of nitrogens with zero attached hydrogens (tertiary/aromatic N) is 2. The number of piperidine rings is 1. The number of allylic oxidation sites excluding steroid dienone is 4. The molecule has 5 nitrogen and oxygen atoms in total. The minimum absolute atomic E-state index is 0.00969. The molecule has 2 aliphatic rings. The van der Waals surface area contributed by atoms with E-state index in [1.165, 1.54) is 13.0 Å². The first-order valence-corrected chi connectivity index (χ1v) is 11.4. The zero-order chi connectivity index (χ0) is 24.5. The maximum atomic E-state index is 14.9. The van der Waals surface area contributed by atoms with E-state index in [4.69, 9.17) is 0 Å². The van der Waals surface area contributed by atoms with E-state index in [1.807, 2.05) is 18.2 Å². The van der Waals surface area contributed by atoms with E-state index in [2.05, 4.69) is 10.3 Å². The number of benzene rings is 1. The lowest BCUT2D eigenvalue weighted by molar-refractivity contribution is -0.133. The fourth-order valence-electron chi connectivity index (χ4n) is 4.61. The number of hydrogen-bond donors (Lipinski definition) is 2. The van der Waals surface area contributed by atoms with Gasteiger partial charge in [0.05, 0.1) is 22.7 Å². The first-order valence-electron chi connectivity index (χ1n) is 11.4. The highest BCUT2D eigenvalue weighted by Crippen LogP contribution is 2.36. The van der Waals surface area contributed by atoms with Crippen LogP contribution in [0.3, 0.4) is 0 Å². The topological polar surface area (TPSA) is 65.5 Å². The van der Waals surface area contributed by atoms with Gasteiger partial charge in [0, 0.05) is 42.9 Å². The lowest BCUT2D eigenvalue weighted by atomic mass is 9.83. The SMILES string of the molecule is CC(=O)N1CCC(O)(c2ccc3nccc(N[C@H](C)C4=CCC=CC(C(F)F)=C4F)c3c2)CC1. The van der Waals surface area contributed by atoms with Gasteiger partial charge in [0.2, 0.25) is 5.91 Å². The molecule has 1 aromatic heterocycles. The summed E-state index contributed by atoms with van der Waals surface area (Å²) < 4.78 is 41.5. The van der Waals surface area contributed by atoms with Gasteiger partial charge in [-0.3, -0.25) is 9.78 Å². The zero-order valence-electron chi connectivity index (χ0n) is 19.2. The zero-order valence-corrected chi connectivity index (χ0v) is 19.2. The summed E-state index contributed by atoms with van der Waals surface area (Å²) in [5.41, 5.74) is 0.557. The van der Waals surface area contributed by atoms with Crippen molar-refractivity contribution in [2.24, 2.45) is 0 Å². The van der Waals surface area contributed by atoms with Crippen LogP contribution in [0.5, 0.6) is 0 Å². The van der Waals surface area contributed by atoms with Crippen molar-refractivity contribution in [3.05, 3.63) is 71.2 Å². The predicted molar refractivity (Wildman–Crippen MR) is 126 cm³/mol. The molecule has 2 N–H and O–H groups in total. The maximum Gasteiger partial charge on any atom is 0.266 e. The third kappa shape index (κ3) is 4.73. The number of aliphatic hydroxyl groups is 1. The van der Waals surface area contributed by atoms with E-state index in [-0.39, 0.29) is 11.5 Å². The number of likely N-dealkylation sites (tertiary alicyclic amines) is 1. The van der Waals surface area contributed by atoms with Crippen LogP contribution >= 0.6 is 0 Å². The molecule has 0 radical (unpaired) electrons. The molecule has 1 fully saturated rings. The molecule has 2 heterocycles. The van der Waals surface area contributed by atoms with Gasteiger partial charge in [0.25, 0.3) is 6.43 Å². The summed E-state index contributed by atoms with van der Waals surface area (Å²) in [6.45, 7) is 4.19. The summed E-state index contributed by atoms with van der Waals surface area (Å²) in [7, 11) is 0. The van der Waals surface area contributed by atoms with Crippen LogP contribution in [-0.4, -0.2) is 46.5 Å². The summed E-state index contributed by atoms with van der Waals surface area (Å²) in [4.78, 5) is 17.8. The van der Waals surface area contributed by atoms with Gasteiger partial charge in [-0.15, -0.1) is 0 Å². The fourth-order valence-corrected chi connectivity index (χ4v) is 4.61. The molecule has 1 aliphatic carbocycles. The van der Waals surface area contributed by atoms with Crippen molar-refractivity contribution in [1.29, 1.82) is 0 Å². The molecule has 0 bridgehead atoms. The normalized spacial score (nSPS) is 19.3. The molecule has 4 rings (SSSR count). The molecule has 34 heavy (non-hydrogen) atoms. The van der Waals surface area contributed by atoms with Crippen molar-refractivity contribution in [3.63, 3.8) is 0 Å². The standard InChI is InChI=1S/C26H28F3N3O2/c1-16(19-5-3-4-6-20(24(19)27)25(28)29)31-23-9-12-30-22-8-7-18(15-21(22)23)26(34)10-13-32(14-11-26)17(2)33/h4-9,12,15-16,25,34H,3,10-11,13-14H2,1-2H3,(H,30,31)/t16-/m1/s1. The molecule has 0 unspecified atom stereocenters. The molecule has 1 amide bonds. The van der Waals surface area contributed by atoms with Crippen molar-refractivity contribution >= 4 is 22.5 Å². The number of aromatic nitrogens is 1. The lowest BCUT2D eigenvalue weighted by Crippen LogP contribution is -2.44. The maximum absolute atomic E-state index is 14.9. The average Bonchev–Trinajstić information content (AvgIpc) is 3.01. The van der Waals surface area contributed by atoms with E-state index < -0.39 is 29.5 Å².